The average molecular weight is 437 g/mol. The summed E-state index contributed by atoms with van der Waals surface area (Å²) in [4.78, 5) is 28.0. The second-order valence-electron chi connectivity index (χ2n) is 9.52. The molecule has 3 aliphatic rings. The topological polar surface area (TPSA) is 78.6 Å². The Morgan fingerprint density at radius 1 is 1.00 bits per heavy atom. The van der Waals surface area contributed by atoms with E-state index in [0.717, 1.165) is 75.5 Å². The van der Waals surface area contributed by atoms with Gasteiger partial charge in [-0.25, -0.2) is 4.98 Å². The first-order chi connectivity index (χ1) is 15.6. The fourth-order valence-electron chi connectivity index (χ4n) is 5.10. The predicted octanol–water partition coefficient (Wildman–Crippen LogP) is 3.78. The standard InChI is InChI=1S/C24H32N6O2/c1-18-8-14-29(15-9-18)24-25-22-10-13-27(16-19-4-6-20(7-5-19)30(31)32)17-21(22)23(26-24)28-11-2-3-12-28/h4-7,18H,2-3,8-17H2,1H3. The SMILES string of the molecule is CC1CCN(c2nc3c(c(N4CCCC4)n2)CN(Cc2ccc([N+](=O)[O-])cc2)CC3)CC1. The van der Waals surface area contributed by atoms with Gasteiger partial charge in [0.15, 0.2) is 0 Å². The molecule has 1 aromatic carbocycles. The van der Waals surface area contributed by atoms with Gasteiger partial charge in [0.05, 0.1) is 10.6 Å². The van der Waals surface area contributed by atoms with Crippen molar-refractivity contribution < 1.29 is 4.92 Å². The molecule has 2 fully saturated rings. The first kappa shape index (κ1) is 21.1. The van der Waals surface area contributed by atoms with Gasteiger partial charge in [0.1, 0.15) is 5.82 Å². The minimum absolute atomic E-state index is 0.141. The highest BCUT2D eigenvalue weighted by Crippen LogP contribution is 2.32. The number of fused-ring (bicyclic) bond motifs is 1. The molecule has 2 aromatic rings. The summed E-state index contributed by atoms with van der Waals surface area (Å²) >= 11 is 0. The lowest BCUT2D eigenvalue weighted by Crippen LogP contribution is -2.37. The third-order valence-corrected chi connectivity index (χ3v) is 7.13. The quantitative estimate of drug-likeness (QED) is 0.521. The molecule has 32 heavy (non-hydrogen) atoms. The zero-order chi connectivity index (χ0) is 22.1. The van der Waals surface area contributed by atoms with Gasteiger partial charge in [-0.1, -0.05) is 19.1 Å². The molecular formula is C24H32N6O2. The lowest BCUT2D eigenvalue weighted by Gasteiger charge is -2.35. The van der Waals surface area contributed by atoms with Crippen LogP contribution in [0.1, 0.15) is 49.4 Å². The number of piperidine rings is 1. The maximum absolute atomic E-state index is 10.9. The number of aromatic nitrogens is 2. The van der Waals surface area contributed by atoms with Crippen LogP contribution in [0, 0.1) is 16.0 Å². The molecule has 170 valence electrons. The van der Waals surface area contributed by atoms with E-state index in [4.69, 9.17) is 9.97 Å². The van der Waals surface area contributed by atoms with Crippen molar-refractivity contribution in [1.82, 2.24) is 14.9 Å². The van der Waals surface area contributed by atoms with Crippen molar-refractivity contribution in [2.24, 2.45) is 5.92 Å². The molecule has 0 saturated carbocycles. The molecule has 0 spiro atoms. The number of hydrogen-bond donors (Lipinski definition) is 0. The lowest BCUT2D eigenvalue weighted by molar-refractivity contribution is -0.384. The monoisotopic (exact) mass is 436 g/mol. The second kappa shape index (κ2) is 9.02. The van der Waals surface area contributed by atoms with Gasteiger partial charge >= 0.3 is 0 Å². The minimum Gasteiger partial charge on any atom is -0.356 e. The molecule has 4 heterocycles. The van der Waals surface area contributed by atoms with Crippen molar-refractivity contribution >= 4 is 17.5 Å². The Labute approximate surface area is 189 Å². The van der Waals surface area contributed by atoms with E-state index in [2.05, 4.69) is 21.6 Å². The summed E-state index contributed by atoms with van der Waals surface area (Å²) in [7, 11) is 0. The smallest absolute Gasteiger partial charge is 0.269 e. The van der Waals surface area contributed by atoms with E-state index in [1.165, 1.54) is 36.9 Å². The van der Waals surface area contributed by atoms with Gasteiger partial charge in [-0.2, -0.15) is 4.98 Å². The number of nitrogens with zero attached hydrogens (tertiary/aromatic N) is 6. The molecule has 0 amide bonds. The lowest BCUT2D eigenvalue weighted by atomic mass is 9.99. The molecule has 3 aliphatic heterocycles. The maximum atomic E-state index is 10.9. The molecular weight excluding hydrogens is 404 g/mol. The zero-order valence-corrected chi connectivity index (χ0v) is 18.9. The van der Waals surface area contributed by atoms with Crippen molar-refractivity contribution in [3.8, 4) is 0 Å². The fraction of sp³-hybridized carbons (Fsp3) is 0.583. The summed E-state index contributed by atoms with van der Waals surface area (Å²) in [6, 6.07) is 6.92. The second-order valence-corrected chi connectivity index (χ2v) is 9.52. The van der Waals surface area contributed by atoms with Gasteiger partial charge < -0.3 is 9.80 Å². The summed E-state index contributed by atoms with van der Waals surface area (Å²) < 4.78 is 0. The number of nitro groups is 1. The molecule has 0 atom stereocenters. The normalized spacial score (nSPS) is 19.9. The summed E-state index contributed by atoms with van der Waals surface area (Å²) in [5.74, 6) is 2.84. The van der Waals surface area contributed by atoms with Crippen molar-refractivity contribution in [1.29, 1.82) is 0 Å². The molecule has 5 rings (SSSR count). The van der Waals surface area contributed by atoms with Crippen LogP contribution in [-0.4, -0.2) is 52.5 Å². The van der Waals surface area contributed by atoms with Crippen LogP contribution >= 0.6 is 0 Å². The van der Waals surface area contributed by atoms with E-state index in [-0.39, 0.29) is 10.6 Å². The van der Waals surface area contributed by atoms with Crippen LogP contribution in [0.25, 0.3) is 0 Å². The van der Waals surface area contributed by atoms with E-state index in [1.807, 2.05) is 12.1 Å². The van der Waals surface area contributed by atoms with Crippen molar-refractivity contribution in [3.63, 3.8) is 0 Å². The molecule has 0 aliphatic carbocycles. The van der Waals surface area contributed by atoms with Gasteiger partial charge in [-0.3, -0.25) is 15.0 Å². The molecule has 1 aromatic heterocycles. The van der Waals surface area contributed by atoms with Gasteiger partial charge in [0.2, 0.25) is 5.95 Å². The Balaban J connectivity index is 1.38. The summed E-state index contributed by atoms with van der Waals surface area (Å²) in [5, 5.41) is 10.9. The third-order valence-electron chi connectivity index (χ3n) is 7.13. The van der Waals surface area contributed by atoms with Crippen molar-refractivity contribution in [2.75, 3.05) is 42.5 Å². The zero-order valence-electron chi connectivity index (χ0n) is 18.9. The molecule has 2 saturated heterocycles. The number of hydrogen-bond acceptors (Lipinski definition) is 7. The Morgan fingerprint density at radius 2 is 1.72 bits per heavy atom. The van der Waals surface area contributed by atoms with Gasteiger partial charge in [0, 0.05) is 69.9 Å². The summed E-state index contributed by atoms with van der Waals surface area (Å²) in [6.07, 6.45) is 5.79. The van der Waals surface area contributed by atoms with E-state index in [0.29, 0.717) is 0 Å². The van der Waals surface area contributed by atoms with E-state index < -0.39 is 0 Å². The highest BCUT2D eigenvalue weighted by molar-refractivity contribution is 5.55. The summed E-state index contributed by atoms with van der Waals surface area (Å²) in [5.41, 5.74) is 3.72. The first-order valence-corrected chi connectivity index (χ1v) is 11.9. The van der Waals surface area contributed by atoms with Crippen LogP contribution in [0.3, 0.4) is 0 Å². The number of anilines is 2. The van der Waals surface area contributed by atoms with Crippen LogP contribution in [0.2, 0.25) is 0 Å². The van der Waals surface area contributed by atoms with E-state index in [1.54, 1.807) is 12.1 Å². The fourth-order valence-corrected chi connectivity index (χ4v) is 5.10. The number of rotatable bonds is 5. The van der Waals surface area contributed by atoms with E-state index in [9.17, 15) is 10.1 Å². The van der Waals surface area contributed by atoms with Crippen molar-refractivity contribution in [2.45, 2.75) is 52.1 Å². The number of nitro benzene ring substituents is 1. The summed E-state index contributed by atoms with van der Waals surface area (Å²) in [6.45, 7) is 9.12. The Morgan fingerprint density at radius 3 is 2.41 bits per heavy atom. The predicted molar refractivity (Wildman–Crippen MR) is 125 cm³/mol. The number of benzene rings is 1. The first-order valence-electron chi connectivity index (χ1n) is 11.9. The highest BCUT2D eigenvalue weighted by Gasteiger charge is 2.28. The van der Waals surface area contributed by atoms with Crippen LogP contribution in [-0.2, 0) is 19.5 Å². The molecule has 0 N–H and O–H groups in total. The minimum atomic E-state index is -0.346. The average Bonchev–Trinajstić information content (AvgIpc) is 3.34. The molecule has 8 heteroatoms. The Bertz CT molecular complexity index is 965. The van der Waals surface area contributed by atoms with Crippen LogP contribution in [0.4, 0.5) is 17.5 Å². The Hall–Kier alpha value is -2.74. The molecule has 0 radical (unpaired) electrons. The molecule has 8 nitrogen and oxygen atoms in total. The molecule has 0 unspecified atom stereocenters. The maximum Gasteiger partial charge on any atom is 0.269 e. The Kier molecular flexibility index (Phi) is 5.95. The third kappa shape index (κ3) is 4.41. The van der Waals surface area contributed by atoms with Gasteiger partial charge in [-0.15, -0.1) is 0 Å². The number of non-ortho nitro benzene ring substituents is 1. The van der Waals surface area contributed by atoms with Crippen molar-refractivity contribution in [3.05, 3.63) is 51.2 Å². The van der Waals surface area contributed by atoms with Crippen LogP contribution in [0.5, 0.6) is 0 Å². The van der Waals surface area contributed by atoms with E-state index >= 15 is 0 Å². The van der Waals surface area contributed by atoms with Crippen LogP contribution < -0.4 is 9.80 Å². The van der Waals surface area contributed by atoms with Gasteiger partial charge in [-0.05, 0) is 37.2 Å². The largest absolute Gasteiger partial charge is 0.356 e. The molecule has 0 bridgehead atoms. The van der Waals surface area contributed by atoms with Crippen LogP contribution in [0.15, 0.2) is 24.3 Å². The van der Waals surface area contributed by atoms with Gasteiger partial charge in [0.25, 0.3) is 5.69 Å². The highest BCUT2D eigenvalue weighted by atomic mass is 16.6.